The van der Waals surface area contributed by atoms with Crippen LogP contribution in [0.5, 0.6) is 0 Å². The van der Waals surface area contributed by atoms with E-state index in [1.165, 1.54) is 11.1 Å². The molecule has 1 aromatic heterocycles. The topological polar surface area (TPSA) is 25.2 Å². The maximum Gasteiger partial charge on any atom is 2.00 e. The van der Waals surface area contributed by atoms with Crippen LogP contribution in [0.4, 0.5) is 5.69 Å². The molecule has 4 aromatic carbocycles. The molecule has 0 atom stereocenters. The van der Waals surface area contributed by atoms with E-state index in [0.29, 0.717) is 0 Å². The van der Waals surface area contributed by atoms with Gasteiger partial charge in [0.15, 0.2) is 0 Å². The Balaban J connectivity index is 0.00000144. The molecule has 0 aliphatic heterocycles. The zero-order valence-corrected chi connectivity index (χ0v) is 21.3. The van der Waals surface area contributed by atoms with Gasteiger partial charge >= 0.3 is 17.1 Å². The summed E-state index contributed by atoms with van der Waals surface area (Å²) in [5.74, 6) is 0. The summed E-state index contributed by atoms with van der Waals surface area (Å²) < 4.78 is 0. The molecular weight excluding hydrogens is 515 g/mol. The van der Waals surface area contributed by atoms with Gasteiger partial charge in [-0.15, -0.1) is 0 Å². The average molecular weight is 537 g/mol. The molecule has 0 bridgehead atoms. The van der Waals surface area contributed by atoms with E-state index in [2.05, 4.69) is 89.9 Å². The van der Waals surface area contributed by atoms with E-state index in [1.54, 1.807) is 6.20 Å². The zero-order valence-electron chi connectivity index (χ0n) is 18.7. The number of halogens is 2. The Hall–Kier alpha value is -3.20. The zero-order chi connectivity index (χ0) is 21.6. The van der Waals surface area contributed by atoms with Crippen LogP contribution in [0.15, 0.2) is 133 Å². The summed E-state index contributed by atoms with van der Waals surface area (Å²) in [4.78, 5) is 9.39. The van der Waals surface area contributed by atoms with Crippen molar-refractivity contribution < 1.29 is 41.9 Å². The number of pyridine rings is 1. The Morgan fingerprint density at radius 2 is 0.971 bits per heavy atom. The fourth-order valence-corrected chi connectivity index (χ4v) is 3.83. The summed E-state index contributed by atoms with van der Waals surface area (Å²) in [7, 11) is 0. The fourth-order valence-electron chi connectivity index (χ4n) is 3.83. The summed E-state index contributed by atoms with van der Waals surface area (Å²) >= 11 is 0. The van der Waals surface area contributed by atoms with Gasteiger partial charge in [0.2, 0.25) is 0 Å². The molecule has 0 amide bonds. The first-order chi connectivity index (χ1) is 15.9. The number of aromatic nitrogens is 1. The third kappa shape index (κ3) is 6.69. The normalized spacial score (nSPS) is 10.1. The Bertz CT molecular complexity index is 1280. The second-order valence-corrected chi connectivity index (χ2v) is 7.53. The van der Waals surface area contributed by atoms with Gasteiger partial charge in [0.05, 0.1) is 17.6 Å². The third-order valence-corrected chi connectivity index (χ3v) is 5.40. The SMILES string of the molecule is C(=N\c1c(-c2ccccc2)cc(-c2ccccc2)cc1-c1ccccc1)/c1ccccn1.[Cl-].[Cl-].[Fe+2]. The molecule has 174 valence electrons. The van der Waals surface area contributed by atoms with Crippen LogP contribution < -0.4 is 24.8 Å². The summed E-state index contributed by atoms with van der Waals surface area (Å²) in [6.07, 6.45) is 3.63. The fraction of sp³-hybridized carbons (Fsp3) is 0. The molecule has 35 heavy (non-hydrogen) atoms. The van der Waals surface area contributed by atoms with Crippen LogP contribution in [-0.2, 0) is 17.1 Å². The van der Waals surface area contributed by atoms with E-state index in [0.717, 1.165) is 33.6 Å². The smallest absolute Gasteiger partial charge is 1.00 e. The number of hydrogen-bond donors (Lipinski definition) is 0. The van der Waals surface area contributed by atoms with Crippen molar-refractivity contribution in [1.29, 1.82) is 0 Å². The predicted molar refractivity (Wildman–Crippen MR) is 134 cm³/mol. The Morgan fingerprint density at radius 3 is 1.43 bits per heavy atom. The van der Waals surface area contributed by atoms with Crippen LogP contribution in [0, 0.1) is 0 Å². The summed E-state index contributed by atoms with van der Waals surface area (Å²) in [6, 6.07) is 41.7. The largest absolute Gasteiger partial charge is 2.00 e. The predicted octanol–water partition coefficient (Wildman–Crippen LogP) is 1.84. The molecule has 0 saturated carbocycles. The van der Waals surface area contributed by atoms with E-state index >= 15 is 0 Å². The quantitative estimate of drug-likeness (QED) is 0.248. The van der Waals surface area contributed by atoms with Crippen LogP contribution in [0.2, 0.25) is 0 Å². The Morgan fingerprint density at radius 1 is 0.514 bits per heavy atom. The van der Waals surface area contributed by atoms with Crippen LogP contribution >= 0.6 is 0 Å². The molecule has 0 saturated heterocycles. The van der Waals surface area contributed by atoms with Crippen molar-refractivity contribution in [2.24, 2.45) is 4.99 Å². The van der Waals surface area contributed by atoms with E-state index in [9.17, 15) is 0 Å². The maximum absolute atomic E-state index is 4.98. The van der Waals surface area contributed by atoms with Crippen molar-refractivity contribution in [3.8, 4) is 33.4 Å². The van der Waals surface area contributed by atoms with Gasteiger partial charge in [0, 0.05) is 17.3 Å². The van der Waals surface area contributed by atoms with E-state index < -0.39 is 0 Å². The van der Waals surface area contributed by atoms with Gasteiger partial charge in [-0.05, 0) is 46.5 Å². The summed E-state index contributed by atoms with van der Waals surface area (Å²) in [5, 5.41) is 0. The Kier molecular flexibility index (Phi) is 10.9. The van der Waals surface area contributed by atoms with Crippen molar-refractivity contribution in [3.05, 3.63) is 133 Å². The molecule has 5 heteroatoms. The second-order valence-electron chi connectivity index (χ2n) is 7.53. The molecule has 0 spiro atoms. The average Bonchev–Trinajstić information content (AvgIpc) is 2.89. The van der Waals surface area contributed by atoms with E-state index in [1.807, 2.05) is 42.6 Å². The van der Waals surface area contributed by atoms with Gasteiger partial charge in [0.1, 0.15) is 0 Å². The first-order valence-corrected chi connectivity index (χ1v) is 10.7. The first-order valence-electron chi connectivity index (χ1n) is 10.7. The van der Waals surface area contributed by atoms with Crippen LogP contribution in [0.3, 0.4) is 0 Å². The number of rotatable bonds is 5. The van der Waals surface area contributed by atoms with Crippen molar-refractivity contribution >= 4 is 11.9 Å². The van der Waals surface area contributed by atoms with Gasteiger partial charge in [-0.3, -0.25) is 9.98 Å². The van der Waals surface area contributed by atoms with Gasteiger partial charge in [0.25, 0.3) is 0 Å². The van der Waals surface area contributed by atoms with Crippen LogP contribution in [0.1, 0.15) is 5.69 Å². The third-order valence-electron chi connectivity index (χ3n) is 5.40. The van der Waals surface area contributed by atoms with Crippen molar-refractivity contribution in [2.45, 2.75) is 0 Å². The second kappa shape index (κ2) is 13.6. The molecular formula is C30H22Cl2FeN2. The number of hydrogen-bond acceptors (Lipinski definition) is 2. The molecule has 1 heterocycles. The number of aliphatic imine (C=N–C) groups is 1. The molecule has 2 nitrogen and oxygen atoms in total. The number of benzene rings is 4. The molecule has 5 rings (SSSR count). The van der Waals surface area contributed by atoms with Gasteiger partial charge in [-0.2, -0.15) is 0 Å². The minimum Gasteiger partial charge on any atom is -1.00 e. The first kappa shape index (κ1) is 28.0. The molecule has 0 unspecified atom stereocenters. The Labute approximate surface area is 229 Å². The molecule has 0 aliphatic carbocycles. The van der Waals surface area contributed by atoms with Crippen molar-refractivity contribution in [1.82, 2.24) is 4.98 Å². The summed E-state index contributed by atoms with van der Waals surface area (Å²) in [6.45, 7) is 0. The van der Waals surface area contributed by atoms with E-state index in [4.69, 9.17) is 4.99 Å². The number of nitrogens with zero attached hydrogens (tertiary/aromatic N) is 2. The molecule has 5 aromatic rings. The van der Waals surface area contributed by atoms with Gasteiger partial charge in [-0.25, -0.2) is 0 Å². The van der Waals surface area contributed by atoms with Crippen LogP contribution in [-0.4, -0.2) is 11.2 Å². The van der Waals surface area contributed by atoms with Crippen LogP contribution in [0.25, 0.3) is 33.4 Å². The van der Waals surface area contributed by atoms with E-state index in [-0.39, 0.29) is 41.9 Å². The standard InChI is InChI=1S/C30H22N2.2ClH.Fe/c1-4-12-23(13-5-1)26-20-28(24-14-6-2-7-15-24)30(32-22-27-18-10-11-19-31-27)29(21-26)25-16-8-3-9-17-25;;;/h1-22H;2*1H;/q;;;+2/p-2/b32-22+;;;. The minimum atomic E-state index is 0. The maximum atomic E-state index is 4.98. The summed E-state index contributed by atoms with van der Waals surface area (Å²) in [5.41, 5.74) is 8.58. The van der Waals surface area contributed by atoms with Crippen molar-refractivity contribution in [2.75, 3.05) is 0 Å². The monoisotopic (exact) mass is 536 g/mol. The van der Waals surface area contributed by atoms with Gasteiger partial charge < -0.3 is 24.8 Å². The van der Waals surface area contributed by atoms with Gasteiger partial charge in [-0.1, -0.05) is 97.1 Å². The minimum absolute atomic E-state index is 0. The molecule has 0 radical (unpaired) electrons. The molecule has 0 N–H and O–H groups in total. The molecule has 0 aliphatic rings. The van der Waals surface area contributed by atoms with Crippen molar-refractivity contribution in [3.63, 3.8) is 0 Å². The molecule has 0 fully saturated rings.